The van der Waals surface area contributed by atoms with Gasteiger partial charge in [-0.25, -0.2) is 14.4 Å². The van der Waals surface area contributed by atoms with E-state index in [4.69, 9.17) is 11.6 Å². The molecule has 0 unspecified atom stereocenters. The fourth-order valence-electron chi connectivity index (χ4n) is 2.82. The Morgan fingerprint density at radius 3 is 2.34 bits per heavy atom. The molecular formula is C24H22ClFN4OS. The lowest BCUT2D eigenvalue weighted by Gasteiger charge is -2.20. The number of nitrogens with one attached hydrogen (secondary N) is 1. The van der Waals surface area contributed by atoms with Crippen molar-refractivity contribution in [1.82, 2.24) is 9.97 Å². The predicted molar refractivity (Wildman–Crippen MR) is 130 cm³/mol. The molecule has 3 rings (SSSR count). The average molecular weight is 469 g/mol. The van der Waals surface area contributed by atoms with Crippen molar-refractivity contribution in [3.8, 4) is 0 Å². The first-order valence-corrected chi connectivity index (χ1v) is 11.1. The van der Waals surface area contributed by atoms with E-state index in [9.17, 15) is 9.18 Å². The number of halogens is 2. The van der Waals surface area contributed by atoms with E-state index in [1.165, 1.54) is 36.0 Å². The largest absolute Gasteiger partial charge is 0.349 e. The van der Waals surface area contributed by atoms with Gasteiger partial charge in [-0.2, -0.15) is 0 Å². The maximum atomic E-state index is 13.0. The van der Waals surface area contributed by atoms with Gasteiger partial charge in [0.15, 0.2) is 5.16 Å². The van der Waals surface area contributed by atoms with Crippen LogP contribution in [0.5, 0.6) is 0 Å². The molecular weight excluding hydrogens is 447 g/mol. The second-order valence-corrected chi connectivity index (χ2v) is 8.09. The van der Waals surface area contributed by atoms with Crippen LogP contribution in [0.2, 0.25) is 5.15 Å². The summed E-state index contributed by atoms with van der Waals surface area (Å²) in [6, 6.07) is 14.6. The second kappa shape index (κ2) is 11.5. The normalized spacial score (nSPS) is 10.4. The van der Waals surface area contributed by atoms with Gasteiger partial charge in [-0.15, -0.1) is 13.2 Å². The maximum Gasteiger partial charge on any atom is 0.255 e. The van der Waals surface area contributed by atoms with E-state index in [-0.39, 0.29) is 11.7 Å². The number of anilines is 2. The first-order chi connectivity index (χ1) is 15.5. The summed E-state index contributed by atoms with van der Waals surface area (Å²) in [5.74, 6) is 0.709. The van der Waals surface area contributed by atoms with Crippen LogP contribution in [0.3, 0.4) is 0 Å². The molecule has 0 radical (unpaired) electrons. The van der Waals surface area contributed by atoms with Gasteiger partial charge >= 0.3 is 0 Å². The van der Waals surface area contributed by atoms with E-state index in [0.29, 0.717) is 46.2 Å². The molecule has 0 aliphatic heterocycles. The van der Waals surface area contributed by atoms with Crippen molar-refractivity contribution in [3.05, 3.63) is 102 Å². The molecule has 0 atom stereocenters. The third-order valence-corrected chi connectivity index (χ3v) is 5.48. The quantitative estimate of drug-likeness (QED) is 0.171. The van der Waals surface area contributed by atoms with Crippen LogP contribution in [0.15, 0.2) is 85.1 Å². The number of thioether (sulfide) groups is 1. The fraction of sp³-hybridized carbons (Fsp3) is 0.125. The van der Waals surface area contributed by atoms with Gasteiger partial charge in [-0.3, -0.25) is 4.79 Å². The number of carbonyl (C=O) groups is 1. The number of aromatic nitrogens is 2. The van der Waals surface area contributed by atoms with Crippen molar-refractivity contribution in [2.24, 2.45) is 0 Å². The number of carbonyl (C=O) groups excluding carboxylic acids is 1. The summed E-state index contributed by atoms with van der Waals surface area (Å²) >= 11 is 7.65. The molecule has 8 heteroatoms. The summed E-state index contributed by atoms with van der Waals surface area (Å²) < 4.78 is 13.0. The van der Waals surface area contributed by atoms with E-state index in [1.807, 2.05) is 17.0 Å². The molecule has 0 fully saturated rings. The van der Waals surface area contributed by atoms with E-state index in [1.54, 1.807) is 30.4 Å². The van der Waals surface area contributed by atoms with Crippen LogP contribution in [-0.2, 0) is 5.75 Å². The minimum atomic E-state index is -0.352. The molecule has 1 heterocycles. The topological polar surface area (TPSA) is 58.1 Å². The summed E-state index contributed by atoms with van der Waals surface area (Å²) in [6.45, 7) is 8.78. The molecule has 0 saturated heterocycles. The van der Waals surface area contributed by atoms with Gasteiger partial charge in [0, 0.05) is 36.2 Å². The van der Waals surface area contributed by atoms with Crippen molar-refractivity contribution in [2.75, 3.05) is 23.3 Å². The van der Waals surface area contributed by atoms with Crippen LogP contribution in [0.1, 0.15) is 15.9 Å². The Labute approximate surface area is 196 Å². The Hall–Kier alpha value is -3.16. The number of amides is 1. The second-order valence-electron chi connectivity index (χ2n) is 6.76. The SMILES string of the molecule is C=CCN(CC=C)c1cc(Cl)nc(SCc2ccc(C(=O)Nc3ccc(F)cc3)cc2)n1. The van der Waals surface area contributed by atoms with Gasteiger partial charge in [0.2, 0.25) is 0 Å². The van der Waals surface area contributed by atoms with Gasteiger partial charge < -0.3 is 10.2 Å². The van der Waals surface area contributed by atoms with Crippen LogP contribution in [0.25, 0.3) is 0 Å². The maximum absolute atomic E-state index is 13.0. The van der Waals surface area contributed by atoms with Gasteiger partial charge in [0.25, 0.3) is 5.91 Å². The molecule has 1 aromatic heterocycles. The van der Waals surface area contributed by atoms with Crippen LogP contribution in [0, 0.1) is 5.82 Å². The molecule has 2 aromatic carbocycles. The Balaban J connectivity index is 1.63. The standard InChI is InChI=1S/C24H22ClFN4OS/c1-3-13-30(14-4-2)22-15-21(25)28-24(29-22)32-16-17-5-7-18(8-6-17)23(31)27-20-11-9-19(26)10-12-20/h3-12,15H,1-2,13-14,16H2,(H,27,31). The molecule has 0 bridgehead atoms. The zero-order chi connectivity index (χ0) is 22.9. The third kappa shape index (κ3) is 6.67. The Bertz CT molecular complexity index is 1080. The van der Waals surface area contributed by atoms with Gasteiger partial charge in [-0.05, 0) is 42.0 Å². The zero-order valence-corrected chi connectivity index (χ0v) is 18.9. The van der Waals surface area contributed by atoms with E-state index >= 15 is 0 Å². The number of nitrogens with zero attached hydrogens (tertiary/aromatic N) is 3. The molecule has 1 amide bonds. The average Bonchev–Trinajstić information content (AvgIpc) is 2.79. The predicted octanol–water partition coefficient (Wildman–Crippen LogP) is 5.99. The first-order valence-electron chi connectivity index (χ1n) is 9.78. The zero-order valence-electron chi connectivity index (χ0n) is 17.3. The number of hydrogen-bond donors (Lipinski definition) is 1. The molecule has 0 aliphatic carbocycles. The molecule has 0 spiro atoms. The Morgan fingerprint density at radius 2 is 1.72 bits per heavy atom. The summed E-state index contributed by atoms with van der Waals surface area (Å²) in [6.07, 6.45) is 3.58. The van der Waals surface area contributed by atoms with Crippen LogP contribution < -0.4 is 10.2 Å². The molecule has 164 valence electrons. The van der Waals surface area contributed by atoms with Crippen molar-refractivity contribution in [3.63, 3.8) is 0 Å². The Morgan fingerprint density at radius 1 is 1.06 bits per heavy atom. The minimum Gasteiger partial charge on any atom is -0.349 e. The lowest BCUT2D eigenvalue weighted by atomic mass is 10.1. The summed E-state index contributed by atoms with van der Waals surface area (Å²) in [7, 11) is 0. The number of hydrogen-bond acceptors (Lipinski definition) is 5. The van der Waals surface area contributed by atoms with Crippen molar-refractivity contribution < 1.29 is 9.18 Å². The van der Waals surface area contributed by atoms with Gasteiger partial charge in [0.05, 0.1) is 0 Å². The van der Waals surface area contributed by atoms with Crippen LogP contribution in [-0.4, -0.2) is 29.0 Å². The van der Waals surface area contributed by atoms with E-state index in [0.717, 1.165) is 5.56 Å². The highest BCUT2D eigenvalue weighted by Crippen LogP contribution is 2.25. The minimum absolute atomic E-state index is 0.261. The fourth-order valence-corrected chi connectivity index (χ4v) is 3.86. The van der Waals surface area contributed by atoms with Crippen molar-refractivity contribution >= 4 is 40.8 Å². The molecule has 32 heavy (non-hydrogen) atoms. The number of rotatable bonds is 10. The highest BCUT2D eigenvalue weighted by atomic mass is 35.5. The first kappa shape index (κ1) is 23.5. The summed E-state index contributed by atoms with van der Waals surface area (Å²) in [5, 5.41) is 3.67. The summed E-state index contributed by atoms with van der Waals surface area (Å²) in [4.78, 5) is 23.3. The highest BCUT2D eigenvalue weighted by Gasteiger charge is 2.11. The van der Waals surface area contributed by atoms with Crippen molar-refractivity contribution in [1.29, 1.82) is 0 Å². The summed E-state index contributed by atoms with van der Waals surface area (Å²) in [5.41, 5.74) is 2.05. The lowest BCUT2D eigenvalue weighted by molar-refractivity contribution is 0.102. The van der Waals surface area contributed by atoms with E-state index in [2.05, 4.69) is 28.4 Å². The molecule has 0 aliphatic rings. The molecule has 5 nitrogen and oxygen atoms in total. The Kier molecular flexibility index (Phi) is 8.41. The van der Waals surface area contributed by atoms with Gasteiger partial charge in [0.1, 0.15) is 16.8 Å². The van der Waals surface area contributed by atoms with Crippen molar-refractivity contribution in [2.45, 2.75) is 10.9 Å². The van der Waals surface area contributed by atoms with Crippen LogP contribution in [0.4, 0.5) is 15.9 Å². The lowest BCUT2D eigenvalue weighted by Crippen LogP contribution is -2.24. The highest BCUT2D eigenvalue weighted by molar-refractivity contribution is 7.98. The molecule has 0 saturated carbocycles. The van der Waals surface area contributed by atoms with E-state index < -0.39 is 0 Å². The molecule has 3 aromatic rings. The van der Waals surface area contributed by atoms with Crippen LogP contribution >= 0.6 is 23.4 Å². The smallest absolute Gasteiger partial charge is 0.255 e. The van der Waals surface area contributed by atoms with Gasteiger partial charge in [-0.1, -0.05) is 47.6 Å². The monoisotopic (exact) mass is 468 g/mol. The third-order valence-electron chi connectivity index (χ3n) is 4.37. The number of benzene rings is 2. The molecule has 1 N–H and O–H groups in total.